The number of aromatic amines is 1. The maximum absolute atomic E-state index is 13.5. The van der Waals surface area contributed by atoms with Crippen LogP contribution in [0.25, 0.3) is 32.2 Å². The summed E-state index contributed by atoms with van der Waals surface area (Å²) >= 11 is 1.58. The normalized spacial score (nSPS) is 11.4. The highest BCUT2D eigenvalue weighted by atomic mass is 32.1. The number of anilines is 4. The van der Waals surface area contributed by atoms with E-state index in [0.717, 1.165) is 49.4 Å². The molecule has 0 atom stereocenters. The molecule has 0 bridgehead atoms. The van der Waals surface area contributed by atoms with E-state index in [0.29, 0.717) is 11.8 Å². The number of benzene rings is 2. The maximum atomic E-state index is 13.5. The van der Waals surface area contributed by atoms with E-state index in [2.05, 4.69) is 25.9 Å². The van der Waals surface area contributed by atoms with Crippen molar-refractivity contribution in [3.05, 3.63) is 71.6 Å². The number of fused-ring (bicyclic) bond motifs is 2. The summed E-state index contributed by atoms with van der Waals surface area (Å²) in [7, 11) is 1.85. The monoisotopic (exact) mass is 470 g/mol. The largest absolute Gasteiger partial charge is 0.339 e. The second kappa shape index (κ2) is 7.92. The lowest BCUT2D eigenvalue weighted by molar-refractivity contribution is 0.628. The summed E-state index contributed by atoms with van der Waals surface area (Å²) in [6.45, 7) is 1.92. The lowest BCUT2D eigenvalue weighted by Gasteiger charge is -2.12. The third kappa shape index (κ3) is 3.54. The van der Waals surface area contributed by atoms with E-state index in [1.54, 1.807) is 34.3 Å². The van der Waals surface area contributed by atoms with Gasteiger partial charge in [-0.3, -0.25) is 9.78 Å². The Hall–Kier alpha value is -4.31. The Morgan fingerprint density at radius 3 is 2.74 bits per heavy atom. The topological polar surface area (TPSA) is 96.3 Å². The molecular weight excluding hydrogens is 451 g/mol. The first-order valence-corrected chi connectivity index (χ1v) is 11.4. The average Bonchev–Trinajstić information content (AvgIpc) is 3.54. The third-order valence-corrected chi connectivity index (χ3v) is 6.50. The van der Waals surface area contributed by atoms with Gasteiger partial charge in [0.05, 0.1) is 27.6 Å². The van der Waals surface area contributed by atoms with Crippen molar-refractivity contribution in [3.63, 3.8) is 0 Å². The van der Waals surface area contributed by atoms with Crippen molar-refractivity contribution < 1.29 is 4.39 Å². The average molecular weight is 471 g/mol. The molecule has 0 radical (unpaired) electrons. The molecule has 0 unspecified atom stereocenters. The van der Waals surface area contributed by atoms with Crippen LogP contribution in [0.4, 0.5) is 27.7 Å². The molecule has 0 saturated heterocycles. The predicted octanol–water partition coefficient (Wildman–Crippen LogP) is 5.90. The first kappa shape index (κ1) is 20.3. The minimum atomic E-state index is -0.282. The van der Waals surface area contributed by atoms with Crippen LogP contribution < -0.4 is 10.6 Å². The Kier molecular flexibility index (Phi) is 4.73. The number of nitrogens with zero attached hydrogens (tertiary/aromatic N) is 5. The number of H-pyrrole nitrogens is 1. The zero-order chi connectivity index (χ0) is 23.2. The van der Waals surface area contributed by atoms with E-state index in [1.807, 2.05) is 43.6 Å². The van der Waals surface area contributed by atoms with Gasteiger partial charge in [-0.05, 0) is 54.3 Å². The molecule has 0 amide bonds. The number of aromatic nitrogens is 6. The van der Waals surface area contributed by atoms with Crippen molar-refractivity contribution in [1.29, 1.82) is 0 Å². The van der Waals surface area contributed by atoms with Crippen LogP contribution in [0, 0.1) is 12.7 Å². The Morgan fingerprint density at radius 2 is 1.88 bits per heavy atom. The SMILES string of the molecule is Cc1nn(C)c(Nc2nc(Nc3ccc4[nH]ncc4c3)c3sccc3n2)c1-c1ccc(F)cc1. The van der Waals surface area contributed by atoms with E-state index in [-0.39, 0.29) is 5.82 Å². The summed E-state index contributed by atoms with van der Waals surface area (Å²) in [4.78, 5) is 9.49. The van der Waals surface area contributed by atoms with Gasteiger partial charge in [0.25, 0.3) is 0 Å². The van der Waals surface area contributed by atoms with Gasteiger partial charge < -0.3 is 10.6 Å². The van der Waals surface area contributed by atoms with Crippen molar-refractivity contribution in [2.75, 3.05) is 10.6 Å². The number of aryl methyl sites for hydroxylation is 2. The number of nitrogens with one attached hydrogen (secondary N) is 3. The number of halogens is 1. The van der Waals surface area contributed by atoms with Gasteiger partial charge in [-0.2, -0.15) is 15.2 Å². The molecule has 3 N–H and O–H groups in total. The molecular formula is C24H19FN8S. The van der Waals surface area contributed by atoms with Gasteiger partial charge in [0, 0.05) is 23.7 Å². The van der Waals surface area contributed by atoms with E-state index >= 15 is 0 Å². The molecule has 0 spiro atoms. The molecule has 8 nitrogen and oxygen atoms in total. The van der Waals surface area contributed by atoms with Gasteiger partial charge in [-0.1, -0.05) is 12.1 Å². The Balaban J connectivity index is 1.40. The second-order valence-electron chi connectivity index (χ2n) is 7.89. The summed E-state index contributed by atoms with van der Waals surface area (Å²) in [5.74, 6) is 1.58. The van der Waals surface area contributed by atoms with E-state index in [9.17, 15) is 4.39 Å². The number of hydrogen-bond acceptors (Lipinski definition) is 7. The van der Waals surface area contributed by atoms with Crippen LogP contribution in [0.15, 0.2) is 60.1 Å². The molecule has 6 aromatic rings. The van der Waals surface area contributed by atoms with Crippen LogP contribution in [0.1, 0.15) is 5.69 Å². The van der Waals surface area contributed by atoms with Gasteiger partial charge in [0.2, 0.25) is 5.95 Å². The van der Waals surface area contributed by atoms with Crippen LogP contribution in [0.3, 0.4) is 0 Å². The molecule has 0 fully saturated rings. The molecule has 0 saturated carbocycles. The fourth-order valence-electron chi connectivity index (χ4n) is 4.03. The number of hydrogen-bond donors (Lipinski definition) is 3. The molecule has 6 rings (SSSR count). The first-order chi connectivity index (χ1) is 16.5. The Bertz CT molecular complexity index is 1650. The van der Waals surface area contributed by atoms with Gasteiger partial charge >= 0.3 is 0 Å². The number of rotatable bonds is 5. The van der Waals surface area contributed by atoms with Crippen LogP contribution in [0.2, 0.25) is 0 Å². The summed E-state index contributed by atoms with van der Waals surface area (Å²) < 4.78 is 16.2. The van der Waals surface area contributed by atoms with E-state index < -0.39 is 0 Å². The fraction of sp³-hybridized carbons (Fsp3) is 0.0833. The predicted molar refractivity (Wildman–Crippen MR) is 133 cm³/mol. The van der Waals surface area contributed by atoms with Gasteiger partial charge in [-0.15, -0.1) is 11.3 Å². The van der Waals surface area contributed by atoms with Crippen LogP contribution in [-0.4, -0.2) is 29.9 Å². The van der Waals surface area contributed by atoms with Gasteiger partial charge in [0.15, 0.2) is 5.82 Å². The fourth-order valence-corrected chi connectivity index (χ4v) is 4.81. The Morgan fingerprint density at radius 1 is 1.03 bits per heavy atom. The van der Waals surface area contributed by atoms with Crippen LogP contribution in [0.5, 0.6) is 0 Å². The standard InChI is InChI=1S/C24H19FN8S/c1-13-20(14-3-5-16(25)6-4-14)23(33(2)32-13)30-24-28-19-9-10-34-21(19)22(29-24)27-17-7-8-18-15(11-17)12-26-31-18/h3-12H,1-2H3,(H,26,31)(H2,27,28,29,30). The summed E-state index contributed by atoms with van der Waals surface area (Å²) in [6, 6.07) is 14.3. The van der Waals surface area contributed by atoms with Gasteiger partial charge in [0.1, 0.15) is 11.6 Å². The second-order valence-corrected chi connectivity index (χ2v) is 8.81. The van der Waals surface area contributed by atoms with Crippen LogP contribution in [-0.2, 0) is 7.05 Å². The van der Waals surface area contributed by atoms with Crippen molar-refractivity contribution in [2.24, 2.45) is 7.05 Å². The highest BCUT2D eigenvalue weighted by Gasteiger charge is 2.18. The number of thiophene rings is 1. The van der Waals surface area contributed by atoms with Crippen LogP contribution >= 0.6 is 11.3 Å². The highest BCUT2D eigenvalue weighted by Crippen LogP contribution is 2.35. The molecule has 2 aromatic carbocycles. The van der Waals surface area contributed by atoms with Crippen molar-refractivity contribution in [1.82, 2.24) is 29.9 Å². The zero-order valence-corrected chi connectivity index (χ0v) is 19.1. The lowest BCUT2D eigenvalue weighted by Crippen LogP contribution is -2.05. The quantitative estimate of drug-likeness (QED) is 0.290. The molecule has 34 heavy (non-hydrogen) atoms. The molecule has 0 aliphatic rings. The third-order valence-electron chi connectivity index (χ3n) is 5.59. The highest BCUT2D eigenvalue weighted by molar-refractivity contribution is 7.17. The molecule has 168 valence electrons. The summed E-state index contributed by atoms with van der Waals surface area (Å²) in [5, 5.41) is 21.4. The van der Waals surface area contributed by atoms with Crippen molar-refractivity contribution >= 4 is 55.7 Å². The Labute approximate surface area is 197 Å². The van der Waals surface area contributed by atoms with E-state index in [4.69, 9.17) is 9.97 Å². The summed E-state index contributed by atoms with van der Waals surface area (Å²) in [6.07, 6.45) is 1.79. The summed E-state index contributed by atoms with van der Waals surface area (Å²) in [5.41, 5.74) is 5.25. The maximum Gasteiger partial charge on any atom is 0.231 e. The molecule has 4 aromatic heterocycles. The molecule has 4 heterocycles. The molecule has 0 aliphatic carbocycles. The van der Waals surface area contributed by atoms with Crippen molar-refractivity contribution in [2.45, 2.75) is 6.92 Å². The van der Waals surface area contributed by atoms with Gasteiger partial charge in [-0.25, -0.2) is 9.37 Å². The smallest absolute Gasteiger partial charge is 0.231 e. The van der Waals surface area contributed by atoms with E-state index in [1.165, 1.54) is 12.1 Å². The molecule has 0 aliphatic heterocycles. The first-order valence-electron chi connectivity index (χ1n) is 10.6. The molecule has 10 heteroatoms. The minimum absolute atomic E-state index is 0.282. The lowest BCUT2D eigenvalue weighted by atomic mass is 10.1. The zero-order valence-electron chi connectivity index (χ0n) is 18.3. The minimum Gasteiger partial charge on any atom is -0.339 e. The van der Waals surface area contributed by atoms with Crippen molar-refractivity contribution in [3.8, 4) is 11.1 Å².